The van der Waals surface area contributed by atoms with Crippen LogP contribution >= 0.6 is 0 Å². The van der Waals surface area contributed by atoms with Crippen LogP contribution in [0.3, 0.4) is 0 Å². The van der Waals surface area contributed by atoms with Gasteiger partial charge in [-0.2, -0.15) is 0 Å². The van der Waals surface area contributed by atoms with Gasteiger partial charge in [-0.3, -0.25) is 4.79 Å². The van der Waals surface area contributed by atoms with Crippen molar-refractivity contribution < 1.29 is 24.2 Å². The molecule has 1 N–H and O–H groups in total. The molecule has 29 heavy (non-hydrogen) atoms. The van der Waals surface area contributed by atoms with Gasteiger partial charge in [0.25, 0.3) is 6.47 Å². The molecule has 0 aromatic heterocycles. The average Bonchev–Trinajstić information content (AvgIpc) is 3.23. The van der Waals surface area contributed by atoms with Crippen molar-refractivity contribution in [2.45, 2.75) is 83.3 Å². The van der Waals surface area contributed by atoms with E-state index in [0.717, 1.165) is 63.4 Å². The van der Waals surface area contributed by atoms with Crippen LogP contribution in [0.1, 0.15) is 71.6 Å². The summed E-state index contributed by atoms with van der Waals surface area (Å²) < 4.78 is 10.5. The molecule has 0 radical (unpaired) electrons. The summed E-state index contributed by atoms with van der Waals surface area (Å²) >= 11 is 0. The molecule has 0 bridgehead atoms. The topological polar surface area (TPSA) is 72.8 Å². The Balaban J connectivity index is 1.42. The molecule has 8 atom stereocenters. The second kappa shape index (κ2) is 6.57. The number of esters is 1. The van der Waals surface area contributed by atoms with E-state index < -0.39 is 5.60 Å². The number of carbonyl (C=O) groups is 2. The summed E-state index contributed by atoms with van der Waals surface area (Å²) in [6.07, 6.45) is 10.9. The van der Waals surface area contributed by atoms with Crippen LogP contribution in [-0.4, -0.2) is 35.9 Å². The summed E-state index contributed by atoms with van der Waals surface area (Å²) in [5.74, 6) is 1.47. The standard InChI is InChI=1S/C24H34O5/c1-22-8-5-17(29-14-25)12-16(22)3-4-20-19(22)6-9-23(2)18(7-10-24(20,23)27)15-11-21(26)28-13-15/h11,14,16-20,27H,3-10,12-13H2,1-2H3/t16-,17+,18-,19+,20-,22+,23-,24+/m1/s1. The van der Waals surface area contributed by atoms with Gasteiger partial charge in [-0.25, -0.2) is 4.79 Å². The van der Waals surface area contributed by atoms with Gasteiger partial charge >= 0.3 is 5.97 Å². The molecule has 5 nitrogen and oxygen atoms in total. The Morgan fingerprint density at radius 3 is 2.66 bits per heavy atom. The molecule has 0 amide bonds. The van der Waals surface area contributed by atoms with E-state index in [1.54, 1.807) is 6.08 Å². The van der Waals surface area contributed by atoms with E-state index in [-0.39, 0.29) is 28.8 Å². The lowest BCUT2D eigenvalue weighted by Gasteiger charge is -2.63. The van der Waals surface area contributed by atoms with Crippen LogP contribution in [0.15, 0.2) is 11.6 Å². The summed E-state index contributed by atoms with van der Waals surface area (Å²) in [6.45, 7) is 5.73. The van der Waals surface area contributed by atoms with E-state index in [1.807, 2.05) is 0 Å². The number of cyclic esters (lactones) is 1. The highest BCUT2D eigenvalue weighted by Gasteiger charge is 2.67. The number of fused-ring (bicyclic) bond motifs is 5. The van der Waals surface area contributed by atoms with Gasteiger partial charge in [-0.15, -0.1) is 0 Å². The lowest BCUT2D eigenvalue weighted by molar-refractivity contribution is -0.209. The largest absolute Gasteiger partial charge is 0.465 e. The summed E-state index contributed by atoms with van der Waals surface area (Å²) in [6, 6.07) is 0. The van der Waals surface area contributed by atoms with Gasteiger partial charge in [0.2, 0.25) is 0 Å². The van der Waals surface area contributed by atoms with Gasteiger partial charge in [0.05, 0.1) is 5.60 Å². The first-order valence-electron chi connectivity index (χ1n) is 11.5. The summed E-state index contributed by atoms with van der Waals surface area (Å²) in [5, 5.41) is 12.2. The van der Waals surface area contributed by atoms with Crippen molar-refractivity contribution in [3.05, 3.63) is 11.6 Å². The number of carbonyl (C=O) groups excluding carboxylic acids is 2. The van der Waals surface area contributed by atoms with E-state index in [1.165, 1.54) is 0 Å². The van der Waals surface area contributed by atoms with Crippen molar-refractivity contribution in [3.8, 4) is 0 Å². The molecule has 1 heterocycles. The fraction of sp³-hybridized carbons (Fsp3) is 0.833. The smallest absolute Gasteiger partial charge is 0.331 e. The quantitative estimate of drug-likeness (QED) is 0.574. The normalized spacial score (nSPS) is 51.3. The zero-order chi connectivity index (χ0) is 20.4. The molecular weight excluding hydrogens is 368 g/mol. The Bertz CT molecular complexity index is 746. The molecule has 4 saturated carbocycles. The van der Waals surface area contributed by atoms with Gasteiger partial charge in [0, 0.05) is 11.5 Å². The molecular formula is C24H34O5. The first-order valence-corrected chi connectivity index (χ1v) is 11.5. The summed E-state index contributed by atoms with van der Waals surface area (Å²) in [4.78, 5) is 22.5. The molecule has 0 unspecified atom stereocenters. The Kier molecular flexibility index (Phi) is 4.44. The van der Waals surface area contributed by atoms with Crippen LogP contribution in [0.25, 0.3) is 0 Å². The van der Waals surface area contributed by atoms with Gasteiger partial charge in [0.15, 0.2) is 0 Å². The minimum absolute atomic E-state index is 0.0711. The summed E-state index contributed by atoms with van der Waals surface area (Å²) in [5.41, 5.74) is 0.497. The second-order valence-corrected chi connectivity index (χ2v) is 10.9. The van der Waals surface area contributed by atoms with Gasteiger partial charge < -0.3 is 14.6 Å². The number of aliphatic hydroxyl groups is 1. The van der Waals surface area contributed by atoms with Crippen molar-refractivity contribution in [1.29, 1.82) is 0 Å². The van der Waals surface area contributed by atoms with Crippen molar-refractivity contribution in [2.75, 3.05) is 6.61 Å². The molecule has 0 spiro atoms. The van der Waals surface area contributed by atoms with Crippen LogP contribution in [0, 0.1) is 34.5 Å². The van der Waals surface area contributed by atoms with Gasteiger partial charge in [-0.05, 0) is 92.4 Å². The number of rotatable bonds is 3. The van der Waals surface area contributed by atoms with Crippen LogP contribution in [0.5, 0.6) is 0 Å². The maximum Gasteiger partial charge on any atom is 0.331 e. The first-order chi connectivity index (χ1) is 13.8. The highest BCUT2D eigenvalue weighted by Crippen LogP contribution is 2.69. The number of hydrogen-bond donors (Lipinski definition) is 1. The van der Waals surface area contributed by atoms with E-state index >= 15 is 0 Å². The Morgan fingerprint density at radius 2 is 1.93 bits per heavy atom. The molecule has 1 aliphatic heterocycles. The van der Waals surface area contributed by atoms with Gasteiger partial charge in [0.1, 0.15) is 12.7 Å². The third-order valence-corrected chi connectivity index (χ3v) is 10.2. The average molecular weight is 403 g/mol. The molecule has 160 valence electrons. The third kappa shape index (κ3) is 2.62. The maximum absolute atomic E-state index is 12.2. The van der Waals surface area contributed by atoms with Crippen molar-refractivity contribution in [3.63, 3.8) is 0 Å². The number of hydrogen-bond acceptors (Lipinski definition) is 5. The van der Waals surface area contributed by atoms with Crippen LogP contribution < -0.4 is 0 Å². The molecule has 4 fully saturated rings. The highest BCUT2D eigenvalue weighted by molar-refractivity contribution is 5.85. The fourth-order valence-corrected chi connectivity index (χ4v) is 8.57. The molecule has 5 heteroatoms. The Hall–Kier alpha value is -1.36. The monoisotopic (exact) mass is 402 g/mol. The Labute approximate surface area is 173 Å². The SMILES string of the molecule is C[C@]12CC[C@H](OC=O)C[C@H]1CC[C@@H]1[C@@H]2CC[C@]2(C)[C@@H](C3=CC(=O)OC3)CC[C@]12O. The van der Waals surface area contributed by atoms with E-state index in [9.17, 15) is 14.7 Å². The van der Waals surface area contributed by atoms with Crippen LogP contribution in [-0.2, 0) is 19.1 Å². The highest BCUT2D eigenvalue weighted by atomic mass is 16.5. The predicted molar refractivity (Wildman–Crippen MR) is 107 cm³/mol. The molecule has 4 aliphatic carbocycles. The van der Waals surface area contributed by atoms with Crippen molar-refractivity contribution in [1.82, 2.24) is 0 Å². The Morgan fingerprint density at radius 1 is 1.10 bits per heavy atom. The fourth-order valence-electron chi connectivity index (χ4n) is 8.57. The predicted octanol–water partition coefficient (Wildman–Crippen LogP) is 3.79. The lowest BCUT2D eigenvalue weighted by Crippen LogP contribution is -2.62. The number of ether oxygens (including phenoxy) is 2. The van der Waals surface area contributed by atoms with E-state index in [4.69, 9.17) is 9.47 Å². The summed E-state index contributed by atoms with van der Waals surface area (Å²) in [7, 11) is 0. The zero-order valence-electron chi connectivity index (χ0n) is 17.7. The molecule has 0 saturated heterocycles. The molecule has 0 aromatic rings. The van der Waals surface area contributed by atoms with Crippen LogP contribution in [0.4, 0.5) is 0 Å². The maximum atomic E-state index is 12.2. The van der Waals surface area contributed by atoms with E-state index in [0.29, 0.717) is 30.8 Å². The molecule has 5 aliphatic rings. The lowest BCUT2D eigenvalue weighted by atomic mass is 9.43. The molecule has 5 rings (SSSR count). The van der Waals surface area contributed by atoms with Crippen LogP contribution in [0.2, 0.25) is 0 Å². The van der Waals surface area contributed by atoms with E-state index in [2.05, 4.69) is 13.8 Å². The van der Waals surface area contributed by atoms with Crippen molar-refractivity contribution >= 4 is 12.4 Å². The van der Waals surface area contributed by atoms with Crippen molar-refractivity contribution in [2.24, 2.45) is 34.5 Å². The minimum Gasteiger partial charge on any atom is -0.465 e. The second-order valence-electron chi connectivity index (χ2n) is 10.9. The molecule has 0 aromatic carbocycles. The van der Waals surface area contributed by atoms with Gasteiger partial charge in [-0.1, -0.05) is 13.8 Å². The first kappa shape index (κ1) is 19.6. The third-order valence-electron chi connectivity index (χ3n) is 10.2. The zero-order valence-corrected chi connectivity index (χ0v) is 17.7. The minimum atomic E-state index is -0.656.